The Labute approximate surface area is 581 Å². The van der Waals surface area contributed by atoms with Gasteiger partial charge in [0.1, 0.15) is 19.3 Å². The molecule has 0 spiro atoms. The summed E-state index contributed by atoms with van der Waals surface area (Å²) in [5, 5.41) is 10.6. The van der Waals surface area contributed by atoms with Gasteiger partial charge in [-0.15, -0.1) is 0 Å². The second-order valence-electron chi connectivity index (χ2n) is 28.3. The number of unbranched alkanes of at least 4 members (excludes halogenated alkanes) is 45. The van der Waals surface area contributed by atoms with Gasteiger partial charge in [0, 0.05) is 25.7 Å². The SMILES string of the molecule is CCCCCCCCCCCCCCCCCCCCCCC(=O)O[C@H](COC(=O)CCCCCCCCCCCCCCC(C)C)COP(=O)(O)OC[C@@H](O)COP(=O)(O)OC[C@@H](COC(=O)CCCCCCCCC)OC(=O)CCCCCCCCCCCCC(C)C. The van der Waals surface area contributed by atoms with Crippen LogP contribution in [0.25, 0.3) is 0 Å². The molecule has 0 bridgehead atoms. The highest BCUT2D eigenvalue weighted by Gasteiger charge is 2.30. The van der Waals surface area contributed by atoms with Crippen molar-refractivity contribution < 1.29 is 80.2 Å². The third-order valence-corrected chi connectivity index (χ3v) is 19.6. The van der Waals surface area contributed by atoms with Crippen molar-refractivity contribution in [3.63, 3.8) is 0 Å². The number of hydrogen-bond donors (Lipinski definition) is 3. The fraction of sp³-hybridized carbons (Fsp3) is 0.947. The normalized spacial score (nSPS) is 14.0. The Morgan fingerprint density at radius 2 is 0.484 bits per heavy atom. The first-order chi connectivity index (χ1) is 45.9. The van der Waals surface area contributed by atoms with Gasteiger partial charge < -0.3 is 33.8 Å². The van der Waals surface area contributed by atoms with Gasteiger partial charge in [0.25, 0.3) is 0 Å². The Hall–Kier alpha value is -1.94. The smallest absolute Gasteiger partial charge is 0.462 e. The molecular weight excluding hydrogens is 1250 g/mol. The molecule has 3 N–H and O–H groups in total. The highest BCUT2D eigenvalue weighted by molar-refractivity contribution is 7.47. The van der Waals surface area contributed by atoms with Crippen LogP contribution >= 0.6 is 15.6 Å². The molecule has 0 rings (SSSR count). The molecule has 0 saturated carbocycles. The van der Waals surface area contributed by atoms with Crippen LogP contribution in [0.2, 0.25) is 0 Å². The van der Waals surface area contributed by atoms with Crippen LogP contribution in [0.3, 0.4) is 0 Å². The number of hydrogen-bond acceptors (Lipinski definition) is 15. The summed E-state index contributed by atoms with van der Waals surface area (Å²) in [7, 11) is -9.91. The van der Waals surface area contributed by atoms with E-state index in [1.54, 1.807) is 0 Å². The van der Waals surface area contributed by atoms with Crippen LogP contribution in [0.1, 0.15) is 395 Å². The summed E-state index contributed by atoms with van der Waals surface area (Å²) >= 11 is 0. The van der Waals surface area contributed by atoms with Crippen LogP contribution in [0.15, 0.2) is 0 Å². The zero-order valence-electron chi connectivity index (χ0n) is 62.0. The summed E-state index contributed by atoms with van der Waals surface area (Å²) in [5.41, 5.74) is 0. The van der Waals surface area contributed by atoms with Gasteiger partial charge in [0.15, 0.2) is 12.2 Å². The molecule has 95 heavy (non-hydrogen) atoms. The number of phosphoric acid groups is 2. The summed E-state index contributed by atoms with van der Waals surface area (Å²) in [4.78, 5) is 72.7. The van der Waals surface area contributed by atoms with E-state index in [9.17, 15) is 43.2 Å². The Morgan fingerprint density at radius 1 is 0.284 bits per heavy atom. The van der Waals surface area contributed by atoms with E-state index in [1.165, 1.54) is 199 Å². The van der Waals surface area contributed by atoms with E-state index in [4.69, 9.17) is 37.0 Å². The van der Waals surface area contributed by atoms with E-state index < -0.39 is 97.5 Å². The van der Waals surface area contributed by atoms with Gasteiger partial charge in [0.05, 0.1) is 26.4 Å². The van der Waals surface area contributed by atoms with Crippen molar-refractivity contribution in [2.24, 2.45) is 11.8 Å². The number of ether oxygens (including phenoxy) is 4. The van der Waals surface area contributed by atoms with Crippen LogP contribution in [-0.4, -0.2) is 96.7 Å². The first-order valence-corrected chi connectivity index (χ1v) is 42.5. The van der Waals surface area contributed by atoms with Crippen LogP contribution < -0.4 is 0 Å². The second kappa shape index (κ2) is 67.9. The number of aliphatic hydroxyl groups is 1. The van der Waals surface area contributed by atoms with E-state index in [1.807, 2.05) is 0 Å². The van der Waals surface area contributed by atoms with Crippen molar-refractivity contribution in [3.8, 4) is 0 Å². The van der Waals surface area contributed by atoms with Gasteiger partial charge in [-0.2, -0.15) is 0 Å². The average molecular weight is 1400 g/mol. The van der Waals surface area contributed by atoms with Crippen LogP contribution in [-0.2, 0) is 65.4 Å². The molecule has 0 saturated heterocycles. The van der Waals surface area contributed by atoms with E-state index in [2.05, 4.69) is 41.5 Å². The third kappa shape index (κ3) is 70.3. The second-order valence-corrected chi connectivity index (χ2v) is 31.3. The Kier molecular flexibility index (Phi) is 66.5. The molecule has 0 radical (unpaired) electrons. The van der Waals surface area contributed by atoms with Crippen molar-refractivity contribution in [1.82, 2.24) is 0 Å². The monoisotopic (exact) mass is 1400 g/mol. The Bertz CT molecular complexity index is 1840. The molecule has 2 unspecified atom stereocenters. The number of carbonyl (C=O) groups is 4. The maximum Gasteiger partial charge on any atom is 0.472 e. The molecule has 17 nitrogen and oxygen atoms in total. The predicted octanol–water partition coefficient (Wildman–Crippen LogP) is 22.3. The van der Waals surface area contributed by atoms with Gasteiger partial charge >= 0.3 is 39.5 Å². The van der Waals surface area contributed by atoms with Crippen LogP contribution in [0, 0.1) is 11.8 Å². The van der Waals surface area contributed by atoms with Crippen LogP contribution in [0.4, 0.5) is 0 Å². The van der Waals surface area contributed by atoms with E-state index in [-0.39, 0.29) is 25.7 Å². The Morgan fingerprint density at radius 3 is 0.716 bits per heavy atom. The number of phosphoric ester groups is 2. The first kappa shape index (κ1) is 93.1. The number of esters is 4. The summed E-state index contributed by atoms with van der Waals surface area (Å²) < 4.78 is 68.4. The van der Waals surface area contributed by atoms with Gasteiger partial charge in [-0.05, 0) is 37.5 Å². The molecule has 5 atom stereocenters. The molecule has 564 valence electrons. The van der Waals surface area contributed by atoms with E-state index in [0.29, 0.717) is 25.7 Å². The highest BCUT2D eigenvalue weighted by Crippen LogP contribution is 2.45. The number of carbonyl (C=O) groups excluding carboxylic acids is 4. The maximum atomic E-state index is 13.1. The lowest BCUT2D eigenvalue weighted by atomic mass is 10.0. The Balaban J connectivity index is 5.18. The third-order valence-electron chi connectivity index (χ3n) is 17.7. The number of aliphatic hydroxyl groups excluding tert-OH is 1. The quantitative estimate of drug-likeness (QED) is 0.0222. The summed E-state index contributed by atoms with van der Waals surface area (Å²) in [6, 6.07) is 0. The molecule has 0 aromatic heterocycles. The highest BCUT2D eigenvalue weighted by atomic mass is 31.2. The van der Waals surface area contributed by atoms with E-state index >= 15 is 0 Å². The molecule has 0 aliphatic rings. The van der Waals surface area contributed by atoms with E-state index in [0.717, 1.165) is 115 Å². The lowest BCUT2D eigenvalue weighted by molar-refractivity contribution is -0.161. The molecule has 19 heteroatoms. The van der Waals surface area contributed by atoms with Crippen molar-refractivity contribution in [3.05, 3.63) is 0 Å². The molecule has 0 aliphatic carbocycles. The summed E-state index contributed by atoms with van der Waals surface area (Å²) in [5.74, 6) is -0.587. The van der Waals surface area contributed by atoms with Gasteiger partial charge in [-0.25, -0.2) is 9.13 Å². The number of rotatable bonds is 75. The topological polar surface area (TPSA) is 237 Å². The molecule has 0 aromatic carbocycles. The van der Waals surface area contributed by atoms with Gasteiger partial charge in [0.2, 0.25) is 0 Å². The van der Waals surface area contributed by atoms with Crippen molar-refractivity contribution in [2.45, 2.75) is 413 Å². The molecular formula is C76H148O17P2. The van der Waals surface area contributed by atoms with Gasteiger partial charge in [-0.1, -0.05) is 343 Å². The van der Waals surface area contributed by atoms with Crippen molar-refractivity contribution >= 4 is 39.5 Å². The first-order valence-electron chi connectivity index (χ1n) is 39.5. The molecule has 0 aliphatic heterocycles. The minimum absolute atomic E-state index is 0.106. The zero-order valence-corrected chi connectivity index (χ0v) is 63.8. The zero-order chi connectivity index (χ0) is 70.0. The fourth-order valence-electron chi connectivity index (χ4n) is 11.7. The lowest BCUT2D eigenvalue weighted by Crippen LogP contribution is -2.30. The molecule has 0 fully saturated rings. The average Bonchev–Trinajstić information content (AvgIpc) is 2.90. The van der Waals surface area contributed by atoms with Crippen LogP contribution in [0.5, 0.6) is 0 Å². The minimum atomic E-state index is -4.96. The molecule has 0 aromatic rings. The molecule has 0 heterocycles. The summed E-state index contributed by atoms with van der Waals surface area (Å²) in [6.07, 6.45) is 55.7. The van der Waals surface area contributed by atoms with Gasteiger partial charge in [-0.3, -0.25) is 37.3 Å². The maximum absolute atomic E-state index is 13.1. The molecule has 0 amide bonds. The van der Waals surface area contributed by atoms with Crippen molar-refractivity contribution in [1.29, 1.82) is 0 Å². The van der Waals surface area contributed by atoms with Crippen molar-refractivity contribution in [2.75, 3.05) is 39.6 Å². The lowest BCUT2D eigenvalue weighted by Gasteiger charge is -2.21. The standard InChI is InChI=1S/C76H148O17P2/c1-7-9-11-13-15-16-17-18-19-20-21-22-23-24-25-30-36-42-48-54-60-75(80)93-72(65-87-74(79)59-53-47-41-35-29-27-26-28-33-39-44-50-56-68(3)4)67-91-95(84,85)89-63-70(77)62-88-94(82,83)90-66-71(64-86-73(78)58-52-46-38-14-12-10-8-2)92-76(81)61-55-49-43-37-32-31-34-40-45-51-57-69(5)6/h68-72,77H,7-67H2,1-6H3,(H,82,83)(H,84,85)/t70-,71+,72+/m0/s1. The summed E-state index contributed by atoms with van der Waals surface area (Å²) in [6.45, 7) is 9.55. The minimum Gasteiger partial charge on any atom is -0.462 e. The fourth-order valence-corrected chi connectivity index (χ4v) is 13.2. The largest absolute Gasteiger partial charge is 0.472 e. The predicted molar refractivity (Wildman–Crippen MR) is 386 cm³/mol.